The number of aromatic nitrogens is 2. The quantitative estimate of drug-likeness (QED) is 0.741. The monoisotopic (exact) mass is 249 g/mol. The Kier molecular flexibility index (Phi) is 4.75. The van der Waals surface area contributed by atoms with Crippen LogP contribution < -0.4 is 16.0 Å². The third kappa shape index (κ3) is 4.14. The second-order valence-corrected chi connectivity index (χ2v) is 5.23. The van der Waals surface area contributed by atoms with Crippen molar-refractivity contribution in [2.75, 3.05) is 30.3 Å². The second kappa shape index (κ2) is 6.54. The van der Waals surface area contributed by atoms with Crippen LogP contribution in [0.3, 0.4) is 0 Å². The Labute approximate surface area is 109 Å². The molecular weight excluding hydrogens is 226 g/mol. The first kappa shape index (κ1) is 13.1. The summed E-state index contributed by atoms with van der Waals surface area (Å²) in [5, 5.41) is 10.2. The van der Waals surface area contributed by atoms with Crippen LogP contribution in [0.25, 0.3) is 0 Å². The highest BCUT2D eigenvalue weighted by atomic mass is 15.1. The van der Waals surface area contributed by atoms with E-state index in [-0.39, 0.29) is 0 Å². The zero-order valence-corrected chi connectivity index (χ0v) is 11.2. The summed E-state index contributed by atoms with van der Waals surface area (Å²) in [7, 11) is 0. The van der Waals surface area contributed by atoms with Gasteiger partial charge in [0.15, 0.2) is 0 Å². The maximum absolute atomic E-state index is 4.28. The lowest BCUT2D eigenvalue weighted by Crippen LogP contribution is -2.35. The van der Waals surface area contributed by atoms with Crippen molar-refractivity contribution in [1.82, 2.24) is 15.3 Å². The summed E-state index contributed by atoms with van der Waals surface area (Å²) in [5.41, 5.74) is 0. The fourth-order valence-corrected chi connectivity index (χ4v) is 2.02. The van der Waals surface area contributed by atoms with Crippen LogP contribution in [0.5, 0.6) is 0 Å². The topological polar surface area (TPSA) is 61.9 Å². The van der Waals surface area contributed by atoms with Crippen LogP contribution >= 0.6 is 0 Å². The van der Waals surface area contributed by atoms with E-state index in [0.717, 1.165) is 44.1 Å². The number of nitrogens with one attached hydrogen (secondary N) is 3. The lowest BCUT2D eigenvalue weighted by molar-refractivity contribution is 0.478. The standard InChI is InChI=1S/C13H23N5/c1-10(2)8-15-12-7-13(17-9-16-12)18-11-3-5-14-6-4-11/h7,9-11,14H,3-6,8H2,1-2H3,(H2,15,16,17,18). The molecule has 0 unspecified atom stereocenters. The SMILES string of the molecule is CC(C)CNc1cc(NC2CCNCC2)ncn1. The van der Waals surface area contributed by atoms with E-state index in [1.165, 1.54) is 0 Å². The molecule has 18 heavy (non-hydrogen) atoms. The van der Waals surface area contributed by atoms with Gasteiger partial charge in [0.25, 0.3) is 0 Å². The van der Waals surface area contributed by atoms with Crippen LogP contribution in [0, 0.1) is 5.92 Å². The molecule has 3 N–H and O–H groups in total. The van der Waals surface area contributed by atoms with Gasteiger partial charge in [0.2, 0.25) is 0 Å². The van der Waals surface area contributed by atoms with Gasteiger partial charge in [-0.1, -0.05) is 13.8 Å². The van der Waals surface area contributed by atoms with Crippen molar-refractivity contribution in [2.24, 2.45) is 5.92 Å². The summed E-state index contributed by atoms with van der Waals surface area (Å²) in [6, 6.07) is 2.52. The second-order valence-electron chi connectivity index (χ2n) is 5.23. The zero-order valence-electron chi connectivity index (χ0n) is 11.2. The third-order valence-corrected chi connectivity index (χ3v) is 3.05. The lowest BCUT2D eigenvalue weighted by atomic mass is 10.1. The van der Waals surface area contributed by atoms with Gasteiger partial charge in [-0.2, -0.15) is 0 Å². The highest BCUT2D eigenvalue weighted by Gasteiger charge is 2.13. The van der Waals surface area contributed by atoms with E-state index >= 15 is 0 Å². The first-order chi connectivity index (χ1) is 8.74. The Morgan fingerprint density at radius 3 is 2.72 bits per heavy atom. The molecule has 1 saturated heterocycles. The van der Waals surface area contributed by atoms with Gasteiger partial charge in [-0.15, -0.1) is 0 Å². The molecule has 5 nitrogen and oxygen atoms in total. The fraction of sp³-hybridized carbons (Fsp3) is 0.692. The van der Waals surface area contributed by atoms with E-state index < -0.39 is 0 Å². The number of anilines is 2. The first-order valence-electron chi connectivity index (χ1n) is 6.77. The minimum atomic E-state index is 0.527. The molecule has 2 heterocycles. The molecule has 5 heteroatoms. The first-order valence-corrected chi connectivity index (χ1v) is 6.77. The van der Waals surface area contributed by atoms with Crippen molar-refractivity contribution >= 4 is 11.6 Å². The molecule has 0 bridgehead atoms. The highest BCUT2D eigenvalue weighted by molar-refractivity contribution is 5.46. The van der Waals surface area contributed by atoms with Crippen molar-refractivity contribution in [3.63, 3.8) is 0 Å². The minimum Gasteiger partial charge on any atom is -0.370 e. The van der Waals surface area contributed by atoms with Crippen molar-refractivity contribution in [3.05, 3.63) is 12.4 Å². The average Bonchev–Trinajstić information content (AvgIpc) is 2.38. The van der Waals surface area contributed by atoms with Gasteiger partial charge in [0.05, 0.1) is 0 Å². The number of hydrogen-bond donors (Lipinski definition) is 3. The molecule has 0 amide bonds. The molecule has 0 saturated carbocycles. The number of rotatable bonds is 5. The summed E-state index contributed by atoms with van der Waals surface area (Å²) in [5.74, 6) is 2.43. The normalized spacial score (nSPS) is 16.8. The Bertz CT molecular complexity index is 360. The number of piperidine rings is 1. The van der Waals surface area contributed by atoms with E-state index in [9.17, 15) is 0 Å². The fourth-order valence-electron chi connectivity index (χ4n) is 2.02. The van der Waals surface area contributed by atoms with Gasteiger partial charge in [0.1, 0.15) is 18.0 Å². The zero-order chi connectivity index (χ0) is 12.8. The Hall–Kier alpha value is -1.36. The van der Waals surface area contributed by atoms with E-state index in [1.54, 1.807) is 6.33 Å². The Morgan fingerprint density at radius 1 is 1.28 bits per heavy atom. The molecule has 0 aliphatic carbocycles. The van der Waals surface area contributed by atoms with Crippen LogP contribution in [-0.4, -0.2) is 35.6 Å². The van der Waals surface area contributed by atoms with E-state index in [2.05, 4.69) is 39.8 Å². The van der Waals surface area contributed by atoms with Crippen LogP contribution in [0.15, 0.2) is 12.4 Å². The predicted octanol–water partition coefficient (Wildman–Crippen LogP) is 1.71. The van der Waals surface area contributed by atoms with Gasteiger partial charge in [-0.05, 0) is 31.8 Å². The summed E-state index contributed by atoms with van der Waals surface area (Å²) in [6.07, 6.45) is 3.92. The van der Waals surface area contributed by atoms with Crippen LogP contribution in [0.1, 0.15) is 26.7 Å². The van der Waals surface area contributed by atoms with Crippen molar-refractivity contribution in [1.29, 1.82) is 0 Å². The van der Waals surface area contributed by atoms with Gasteiger partial charge in [-0.3, -0.25) is 0 Å². The van der Waals surface area contributed by atoms with Crippen molar-refractivity contribution < 1.29 is 0 Å². The molecule has 0 spiro atoms. The average molecular weight is 249 g/mol. The molecular formula is C13H23N5. The van der Waals surface area contributed by atoms with E-state index in [1.807, 2.05) is 6.07 Å². The molecule has 0 radical (unpaired) electrons. The summed E-state index contributed by atoms with van der Waals surface area (Å²) < 4.78 is 0. The largest absolute Gasteiger partial charge is 0.370 e. The Balaban J connectivity index is 1.89. The number of nitrogens with zero attached hydrogens (tertiary/aromatic N) is 2. The molecule has 1 fully saturated rings. The molecule has 0 atom stereocenters. The minimum absolute atomic E-state index is 0.527. The maximum Gasteiger partial charge on any atom is 0.131 e. The highest BCUT2D eigenvalue weighted by Crippen LogP contribution is 2.13. The van der Waals surface area contributed by atoms with Gasteiger partial charge >= 0.3 is 0 Å². The molecule has 1 aliphatic rings. The summed E-state index contributed by atoms with van der Waals surface area (Å²) >= 11 is 0. The van der Waals surface area contributed by atoms with Crippen LogP contribution in [-0.2, 0) is 0 Å². The summed E-state index contributed by atoms with van der Waals surface area (Å²) in [6.45, 7) is 7.47. The predicted molar refractivity (Wildman–Crippen MR) is 74.9 cm³/mol. The van der Waals surface area contributed by atoms with Crippen molar-refractivity contribution in [3.8, 4) is 0 Å². The lowest BCUT2D eigenvalue weighted by Gasteiger charge is -2.24. The van der Waals surface area contributed by atoms with Gasteiger partial charge in [0, 0.05) is 18.7 Å². The maximum atomic E-state index is 4.28. The smallest absolute Gasteiger partial charge is 0.131 e. The van der Waals surface area contributed by atoms with E-state index in [4.69, 9.17) is 0 Å². The van der Waals surface area contributed by atoms with Crippen molar-refractivity contribution in [2.45, 2.75) is 32.7 Å². The summed E-state index contributed by atoms with van der Waals surface area (Å²) in [4.78, 5) is 8.51. The molecule has 1 aromatic rings. The number of hydrogen-bond acceptors (Lipinski definition) is 5. The van der Waals surface area contributed by atoms with Gasteiger partial charge in [-0.25, -0.2) is 9.97 Å². The Morgan fingerprint density at radius 2 is 2.00 bits per heavy atom. The molecule has 100 valence electrons. The van der Waals surface area contributed by atoms with E-state index in [0.29, 0.717) is 12.0 Å². The molecule has 2 rings (SSSR count). The molecule has 1 aliphatic heterocycles. The van der Waals surface area contributed by atoms with Crippen LogP contribution in [0.2, 0.25) is 0 Å². The molecule has 1 aromatic heterocycles. The molecule has 0 aromatic carbocycles. The van der Waals surface area contributed by atoms with Gasteiger partial charge < -0.3 is 16.0 Å². The third-order valence-electron chi connectivity index (χ3n) is 3.05. The van der Waals surface area contributed by atoms with Crippen LogP contribution in [0.4, 0.5) is 11.6 Å².